The van der Waals surface area contributed by atoms with Crippen LogP contribution in [0.2, 0.25) is 0 Å². The van der Waals surface area contributed by atoms with Crippen LogP contribution in [0.3, 0.4) is 0 Å². The molecule has 1 amide bonds. The summed E-state index contributed by atoms with van der Waals surface area (Å²) in [6.45, 7) is 3.73. The second kappa shape index (κ2) is 6.99. The molecule has 0 saturated carbocycles. The summed E-state index contributed by atoms with van der Waals surface area (Å²) in [5, 5.41) is 0. The largest absolute Gasteiger partial charge is 0.340 e. The van der Waals surface area contributed by atoms with Gasteiger partial charge in [-0.05, 0) is 17.7 Å². The molecule has 2 rings (SSSR count). The summed E-state index contributed by atoms with van der Waals surface area (Å²) in [6, 6.07) is 3.58. The highest BCUT2D eigenvalue weighted by molar-refractivity contribution is 6.18. The monoisotopic (exact) mass is 302 g/mol. The normalized spacial score (nSPS) is 16.4. The SMILES string of the molecule is O=C(Cc1ccc(F)c(F)c1)N1CCN(CCCl)CC1. The van der Waals surface area contributed by atoms with Crippen molar-refractivity contribution in [2.75, 3.05) is 38.6 Å². The van der Waals surface area contributed by atoms with E-state index in [2.05, 4.69) is 4.90 Å². The van der Waals surface area contributed by atoms with Gasteiger partial charge in [0.1, 0.15) is 0 Å². The molecule has 1 aromatic carbocycles. The quantitative estimate of drug-likeness (QED) is 0.793. The number of nitrogens with zero attached hydrogens (tertiary/aromatic N) is 2. The van der Waals surface area contributed by atoms with Crippen LogP contribution >= 0.6 is 11.6 Å². The molecule has 1 aliphatic rings. The van der Waals surface area contributed by atoms with Gasteiger partial charge in [0.15, 0.2) is 11.6 Å². The average Bonchev–Trinajstić information content (AvgIpc) is 2.44. The van der Waals surface area contributed by atoms with Crippen molar-refractivity contribution in [3.8, 4) is 0 Å². The van der Waals surface area contributed by atoms with Crippen LogP contribution in [-0.4, -0.2) is 54.3 Å². The van der Waals surface area contributed by atoms with Gasteiger partial charge < -0.3 is 4.90 Å². The zero-order valence-electron chi connectivity index (χ0n) is 11.1. The number of piperazine rings is 1. The molecule has 6 heteroatoms. The lowest BCUT2D eigenvalue weighted by molar-refractivity contribution is -0.132. The van der Waals surface area contributed by atoms with Crippen LogP contribution in [0.15, 0.2) is 18.2 Å². The Kier molecular flexibility index (Phi) is 5.31. The van der Waals surface area contributed by atoms with E-state index in [1.165, 1.54) is 6.07 Å². The Morgan fingerprint density at radius 1 is 1.15 bits per heavy atom. The second-order valence-electron chi connectivity index (χ2n) is 4.84. The van der Waals surface area contributed by atoms with Crippen molar-refractivity contribution in [2.45, 2.75) is 6.42 Å². The minimum absolute atomic E-state index is 0.0541. The lowest BCUT2D eigenvalue weighted by Gasteiger charge is -2.34. The zero-order chi connectivity index (χ0) is 14.5. The molecule has 0 atom stereocenters. The van der Waals surface area contributed by atoms with Crippen molar-refractivity contribution in [1.82, 2.24) is 9.80 Å². The Morgan fingerprint density at radius 2 is 1.85 bits per heavy atom. The van der Waals surface area contributed by atoms with Crippen LogP contribution in [0.1, 0.15) is 5.56 Å². The molecule has 1 aliphatic heterocycles. The Hall–Kier alpha value is -1.20. The van der Waals surface area contributed by atoms with Gasteiger partial charge in [0.2, 0.25) is 5.91 Å². The molecule has 110 valence electrons. The summed E-state index contributed by atoms with van der Waals surface area (Å²) in [7, 11) is 0. The number of alkyl halides is 1. The number of rotatable bonds is 4. The number of benzene rings is 1. The Morgan fingerprint density at radius 3 is 2.45 bits per heavy atom. The van der Waals surface area contributed by atoms with Crippen LogP contribution in [-0.2, 0) is 11.2 Å². The fraction of sp³-hybridized carbons (Fsp3) is 0.500. The number of carbonyl (C=O) groups excluding carboxylic acids is 1. The molecule has 20 heavy (non-hydrogen) atoms. The first-order chi connectivity index (χ1) is 9.60. The Balaban J connectivity index is 1.88. The van der Waals surface area contributed by atoms with E-state index in [9.17, 15) is 13.6 Å². The van der Waals surface area contributed by atoms with Gasteiger partial charge in [0.05, 0.1) is 6.42 Å². The summed E-state index contributed by atoms with van der Waals surface area (Å²) in [6.07, 6.45) is 0.104. The third-order valence-corrected chi connectivity index (χ3v) is 3.63. The van der Waals surface area contributed by atoms with Gasteiger partial charge in [-0.1, -0.05) is 6.07 Å². The number of amides is 1. The van der Waals surface area contributed by atoms with Crippen molar-refractivity contribution < 1.29 is 13.6 Å². The van der Waals surface area contributed by atoms with E-state index in [-0.39, 0.29) is 12.3 Å². The highest BCUT2D eigenvalue weighted by Gasteiger charge is 2.20. The molecule has 0 radical (unpaired) electrons. The van der Waals surface area contributed by atoms with Crippen LogP contribution in [0.25, 0.3) is 0 Å². The third-order valence-electron chi connectivity index (χ3n) is 3.47. The molecule has 0 bridgehead atoms. The minimum Gasteiger partial charge on any atom is -0.340 e. The lowest BCUT2D eigenvalue weighted by Crippen LogP contribution is -2.49. The van der Waals surface area contributed by atoms with Gasteiger partial charge in [0, 0.05) is 38.6 Å². The van der Waals surface area contributed by atoms with E-state index < -0.39 is 11.6 Å². The van der Waals surface area contributed by atoms with Crippen molar-refractivity contribution in [2.24, 2.45) is 0 Å². The van der Waals surface area contributed by atoms with Gasteiger partial charge in [-0.3, -0.25) is 9.69 Å². The number of hydrogen-bond donors (Lipinski definition) is 0. The molecule has 0 aliphatic carbocycles. The third kappa shape index (κ3) is 3.90. The molecule has 1 heterocycles. The summed E-state index contributed by atoms with van der Waals surface area (Å²) in [4.78, 5) is 16.1. The first kappa shape index (κ1) is 15.2. The van der Waals surface area contributed by atoms with Crippen LogP contribution in [0.4, 0.5) is 8.78 Å². The lowest BCUT2D eigenvalue weighted by atomic mass is 10.1. The van der Waals surface area contributed by atoms with Crippen LogP contribution < -0.4 is 0 Å². The van der Waals surface area contributed by atoms with Crippen LogP contribution in [0.5, 0.6) is 0 Å². The van der Waals surface area contributed by atoms with Crippen molar-refractivity contribution in [1.29, 1.82) is 0 Å². The minimum atomic E-state index is -0.915. The van der Waals surface area contributed by atoms with Crippen molar-refractivity contribution >= 4 is 17.5 Å². The molecular formula is C14H17ClF2N2O. The zero-order valence-corrected chi connectivity index (χ0v) is 11.9. The van der Waals surface area contributed by atoms with E-state index in [1.807, 2.05) is 0 Å². The summed E-state index contributed by atoms with van der Waals surface area (Å²) in [5.41, 5.74) is 0.497. The molecule has 3 nitrogen and oxygen atoms in total. The smallest absolute Gasteiger partial charge is 0.227 e. The number of hydrogen-bond acceptors (Lipinski definition) is 2. The molecule has 0 N–H and O–H groups in total. The van der Waals surface area contributed by atoms with Crippen LogP contribution in [0, 0.1) is 11.6 Å². The first-order valence-corrected chi connectivity index (χ1v) is 7.13. The van der Waals surface area contributed by atoms with Gasteiger partial charge in [-0.15, -0.1) is 11.6 Å². The molecular weight excluding hydrogens is 286 g/mol. The highest BCUT2D eigenvalue weighted by atomic mass is 35.5. The topological polar surface area (TPSA) is 23.6 Å². The molecule has 0 spiro atoms. The van der Waals surface area contributed by atoms with E-state index in [0.29, 0.717) is 24.5 Å². The average molecular weight is 303 g/mol. The molecule has 1 aromatic rings. The summed E-state index contributed by atoms with van der Waals surface area (Å²) < 4.78 is 25.9. The standard InChI is InChI=1S/C14H17ClF2N2O/c15-3-4-18-5-7-19(8-6-18)14(20)10-11-1-2-12(16)13(17)9-11/h1-2,9H,3-8,10H2. The molecule has 1 fully saturated rings. The Labute approximate surface area is 122 Å². The highest BCUT2D eigenvalue weighted by Crippen LogP contribution is 2.11. The van der Waals surface area contributed by atoms with Crippen molar-refractivity contribution in [3.05, 3.63) is 35.4 Å². The van der Waals surface area contributed by atoms with E-state index in [1.54, 1.807) is 4.90 Å². The first-order valence-electron chi connectivity index (χ1n) is 6.60. The predicted octanol–water partition coefficient (Wildman–Crippen LogP) is 1.89. The summed E-state index contributed by atoms with van der Waals surface area (Å²) >= 11 is 5.68. The molecule has 1 saturated heterocycles. The van der Waals surface area contributed by atoms with Crippen molar-refractivity contribution in [3.63, 3.8) is 0 Å². The Bertz CT molecular complexity index is 476. The maximum atomic E-state index is 13.1. The predicted molar refractivity (Wildman–Crippen MR) is 73.8 cm³/mol. The maximum Gasteiger partial charge on any atom is 0.227 e. The number of halogens is 3. The van der Waals surface area contributed by atoms with E-state index in [0.717, 1.165) is 31.8 Å². The molecule has 0 aromatic heterocycles. The number of carbonyl (C=O) groups is 1. The fourth-order valence-corrected chi connectivity index (χ4v) is 2.52. The van der Waals surface area contributed by atoms with E-state index >= 15 is 0 Å². The van der Waals surface area contributed by atoms with Gasteiger partial charge >= 0.3 is 0 Å². The molecule has 0 unspecified atom stereocenters. The fourth-order valence-electron chi connectivity index (χ4n) is 2.28. The maximum absolute atomic E-state index is 13.1. The van der Waals surface area contributed by atoms with E-state index in [4.69, 9.17) is 11.6 Å². The second-order valence-corrected chi connectivity index (χ2v) is 5.21. The van der Waals surface area contributed by atoms with Gasteiger partial charge in [-0.25, -0.2) is 8.78 Å². The summed E-state index contributed by atoms with van der Waals surface area (Å²) in [5.74, 6) is -1.28. The van der Waals surface area contributed by atoms with Gasteiger partial charge in [0.25, 0.3) is 0 Å². The van der Waals surface area contributed by atoms with Gasteiger partial charge in [-0.2, -0.15) is 0 Å².